The summed E-state index contributed by atoms with van der Waals surface area (Å²) < 4.78 is 13.8. The van der Waals surface area contributed by atoms with Crippen LogP contribution >= 0.6 is 0 Å². The van der Waals surface area contributed by atoms with Gasteiger partial charge < -0.3 is 5.32 Å². The molecule has 1 N–H and O–H groups in total. The van der Waals surface area contributed by atoms with Crippen molar-refractivity contribution in [2.45, 2.75) is 46.0 Å². The average molecular weight is 272 g/mol. The number of nitrogens with one attached hydrogen (secondary N) is 1. The van der Waals surface area contributed by atoms with Crippen LogP contribution in [0.5, 0.6) is 0 Å². The lowest BCUT2D eigenvalue weighted by Gasteiger charge is -2.17. The van der Waals surface area contributed by atoms with E-state index in [0.29, 0.717) is 0 Å². The molecule has 0 spiro atoms. The number of nitrogens with zero attached hydrogens (tertiary/aromatic N) is 1. The Morgan fingerprint density at radius 3 is 2.80 bits per heavy atom. The van der Waals surface area contributed by atoms with Crippen molar-refractivity contribution < 1.29 is 4.39 Å². The third-order valence-corrected chi connectivity index (χ3v) is 4.13. The van der Waals surface area contributed by atoms with E-state index in [1.54, 1.807) is 12.1 Å². The fraction of sp³-hybridized carbons (Fsp3) is 0.471. The van der Waals surface area contributed by atoms with Crippen LogP contribution in [0.2, 0.25) is 0 Å². The lowest BCUT2D eigenvalue weighted by Crippen LogP contribution is -2.07. The molecule has 0 radical (unpaired) electrons. The van der Waals surface area contributed by atoms with Gasteiger partial charge in [0.25, 0.3) is 0 Å². The van der Waals surface area contributed by atoms with Gasteiger partial charge in [-0.3, -0.25) is 4.98 Å². The minimum Gasteiger partial charge on any atom is -0.384 e. The van der Waals surface area contributed by atoms with Gasteiger partial charge in [0.2, 0.25) is 0 Å². The van der Waals surface area contributed by atoms with Crippen LogP contribution < -0.4 is 5.32 Å². The van der Waals surface area contributed by atoms with E-state index in [0.717, 1.165) is 41.5 Å². The van der Waals surface area contributed by atoms with Gasteiger partial charge in [-0.2, -0.15) is 0 Å². The Labute approximate surface area is 119 Å². The van der Waals surface area contributed by atoms with E-state index >= 15 is 0 Å². The summed E-state index contributed by atoms with van der Waals surface area (Å²) in [4.78, 5) is 4.85. The maximum Gasteiger partial charge on any atom is 0.124 e. The van der Waals surface area contributed by atoms with Crippen molar-refractivity contribution in [3.63, 3.8) is 0 Å². The molecule has 0 amide bonds. The van der Waals surface area contributed by atoms with Gasteiger partial charge >= 0.3 is 0 Å². The Morgan fingerprint density at radius 1 is 1.20 bits per heavy atom. The smallest absolute Gasteiger partial charge is 0.124 e. The molecule has 0 atom stereocenters. The molecule has 1 aliphatic rings. The van der Waals surface area contributed by atoms with Crippen molar-refractivity contribution in [3.05, 3.63) is 34.8 Å². The van der Waals surface area contributed by atoms with Crippen molar-refractivity contribution in [1.29, 1.82) is 0 Å². The molecule has 0 saturated heterocycles. The molecule has 0 aliphatic heterocycles. The summed E-state index contributed by atoms with van der Waals surface area (Å²) in [5.74, 6) is -0.176. The summed E-state index contributed by atoms with van der Waals surface area (Å²) in [7, 11) is 0. The maximum absolute atomic E-state index is 13.8. The number of aryl methyl sites for hydroxylation is 2. The number of anilines is 1. The highest BCUT2D eigenvalue weighted by molar-refractivity contribution is 5.95. The molecular weight excluding hydrogens is 251 g/mol. The zero-order chi connectivity index (χ0) is 14.1. The minimum absolute atomic E-state index is 0.176. The highest BCUT2D eigenvalue weighted by Crippen LogP contribution is 2.34. The highest BCUT2D eigenvalue weighted by Gasteiger charge is 2.18. The first-order valence-electron chi connectivity index (χ1n) is 7.56. The maximum atomic E-state index is 13.8. The van der Waals surface area contributed by atoms with Gasteiger partial charge in [0, 0.05) is 23.3 Å². The Balaban J connectivity index is 2.33. The molecule has 2 aromatic rings. The van der Waals surface area contributed by atoms with Crippen LogP contribution in [0.4, 0.5) is 10.1 Å². The van der Waals surface area contributed by atoms with Crippen molar-refractivity contribution >= 4 is 16.6 Å². The second kappa shape index (κ2) is 5.39. The van der Waals surface area contributed by atoms with Crippen molar-refractivity contribution in [3.8, 4) is 0 Å². The normalized spacial score (nSPS) is 14.9. The number of hydrogen-bond donors (Lipinski definition) is 1. The summed E-state index contributed by atoms with van der Waals surface area (Å²) in [5, 5.41) is 4.39. The number of fused-ring (bicyclic) bond motifs is 2. The Bertz CT molecular complexity index is 649. The molecule has 1 heterocycles. The first-order valence-corrected chi connectivity index (χ1v) is 7.56. The van der Waals surface area contributed by atoms with Gasteiger partial charge in [-0.1, -0.05) is 6.42 Å². The molecule has 20 heavy (non-hydrogen) atoms. The zero-order valence-electron chi connectivity index (χ0n) is 12.2. The molecule has 0 saturated carbocycles. The van der Waals surface area contributed by atoms with E-state index in [9.17, 15) is 4.39 Å². The Kier molecular flexibility index (Phi) is 3.60. The lowest BCUT2D eigenvalue weighted by molar-refractivity contribution is 0.628. The summed E-state index contributed by atoms with van der Waals surface area (Å²) in [6.45, 7) is 4.87. The van der Waals surface area contributed by atoms with Crippen molar-refractivity contribution in [2.24, 2.45) is 0 Å². The van der Waals surface area contributed by atoms with E-state index in [4.69, 9.17) is 4.98 Å². The SMILES string of the molecule is CCNc1c2c(nc3c(C)cc(F)cc13)CCCCC2. The predicted molar refractivity (Wildman–Crippen MR) is 81.9 cm³/mol. The fourth-order valence-electron chi connectivity index (χ4n) is 3.21. The number of pyridine rings is 1. The molecule has 0 bridgehead atoms. The predicted octanol–water partition coefficient (Wildman–Crippen LogP) is 4.38. The molecule has 3 heteroatoms. The third-order valence-electron chi connectivity index (χ3n) is 4.13. The molecule has 2 nitrogen and oxygen atoms in total. The molecule has 0 unspecified atom stereocenters. The van der Waals surface area contributed by atoms with Gasteiger partial charge in [0.05, 0.1) is 5.52 Å². The van der Waals surface area contributed by atoms with Crippen LogP contribution in [-0.4, -0.2) is 11.5 Å². The number of aromatic nitrogens is 1. The quantitative estimate of drug-likeness (QED) is 0.820. The number of hydrogen-bond acceptors (Lipinski definition) is 2. The summed E-state index contributed by atoms with van der Waals surface area (Å²) >= 11 is 0. The zero-order valence-corrected chi connectivity index (χ0v) is 12.2. The number of halogens is 1. The van der Waals surface area contributed by atoms with Gasteiger partial charge in [-0.25, -0.2) is 4.39 Å². The molecule has 1 aliphatic carbocycles. The number of benzene rings is 1. The molecule has 0 fully saturated rings. The van der Waals surface area contributed by atoms with E-state index < -0.39 is 0 Å². The summed E-state index contributed by atoms with van der Waals surface area (Å²) in [6.07, 6.45) is 5.76. The minimum atomic E-state index is -0.176. The first-order chi connectivity index (χ1) is 9.70. The second-order valence-corrected chi connectivity index (χ2v) is 5.62. The number of rotatable bonds is 2. The largest absolute Gasteiger partial charge is 0.384 e. The third kappa shape index (κ3) is 2.26. The van der Waals surface area contributed by atoms with Crippen molar-refractivity contribution in [1.82, 2.24) is 4.98 Å². The molecule has 1 aromatic carbocycles. The Hall–Kier alpha value is -1.64. The van der Waals surface area contributed by atoms with Crippen LogP contribution in [0.1, 0.15) is 43.0 Å². The van der Waals surface area contributed by atoms with Crippen LogP contribution in [0.3, 0.4) is 0 Å². The van der Waals surface area contributed by atoms with Crippen LogP contribution in [0, 0.1) is 12.7 Å². The molecular formula is C17H21FN2. The van der Waals surface area contributed by atoms with Crippen LogP contribution in [0.25, 0.3) is 10.9 Å². The molecule has 106 valence electrons. The van der Waals surface area contributed by atoms with Crippen LogP contribution in [0.15, 0.2) is 12.1 Å². The average Bonchev–Trinajstić information content (AvgIpc) is 2.65. The van der Waals surface area contributed by atoms with Gasteiger partial charge in [0.1, 0.15) is 5.82 Å². The van der Waals surface area contributed by atoms with Crippen LogP contribution in [-0.2, 0) is 12.8 Å². The second-order valence-electron chi connectivity index (χ2n) is 5.62. The topological polar surface area (TPSA) is 24.9 Å². The molecule has 3 rings (SSSR count). The standard InChI is InChI=1S/C17H21FN2/c1-3-19-17-13-7-5-4-6-8-15(13)20-16-11(2)9-12(18)10-14(16)17/h9-10H,3-8H2,1-2H3,(H,19,20). The van der Waals surface area contributed by atoms with E-state index in [1.807, 2.05) is 6.92 Å². The fourth-order valence-corrected chi connectivity index (χ4v) is 3.21. The van der Waals surface area contributed by atoms with Crippen molar-refractivity contribution in [2.75, 3.05) is 11.9 Å². The van der Waals surface area contributed by atoms with Gasteiger partial charge in [-0.15, -0.1) is 0 Å². The van der Waals surface area contributed by atoms with E-state index in [2.05, 4.69) is 12.2 Å². The highest BCUT2D eigenvalue weighted by atomic mass is 19.1. The molecule has 1 aromatic heterocycles. The Morgan fingerprint density at radius 2 is 2.00 bits per heavy atom. The van der Waals surface area contributed by atoms with Gasteiger partial charge in [0.15, 0.2) is 0 Å². The summed E-state index contributed by atoms with van der Waals surface area (Å²) in [6, 6.07) is 3.20. The van der Waals surface area contributed by atoms with Gasteiger partial charge in [-0.05, 0) is 62.8 Å². The monoisotopic (exact) mass is 272 g/mol. The van der Waals surface area contributed by atoms with E-state index in [-0.39, 0.29) is 5.82 Å². The first kappa shape index (κ1) is 13.3. The summed E-state index contributed by atoms with van der Waals surface area (Å²) in [5.41, 5.74) is 5.49. The van der Waals surface area contributed by atoms with E-state index in [1.165, 1.54) is 30.5 Å². The lowest BCUT2D eigenvalue weighted by atomic mass is 10.00.